The Kier molecular flexibility index (Phi) is 7.98. The van der Waals surface area contributed by atoms with Crippen LogP contribution in [0.2, 0.25) is 0 Å². The maximum absolute atomic E-state index is 13.9. The zero-order valence-electron chi connectivity index (χ0n) is 20.2. The summed E-state index contributed by atoms with van der Waals surface area (Å²) >= 11 is 0. The number of aryl methyl sites for hydroxylation is 1. The third kappa shape index (κ3) is 6.65. The lowest BCUT2D eigenvalue weighted by Crippen LogP contribution is -2.36. The van der Waals surface area contributed by atoms with E-state index in [1.807, 2.05) is 51.1 Å². The minimum absolute atomic E-state index is 0.0733. The summed E-state index contributed by atoms with van der Waals surface area (Å²) in [6.07, 6.45) is 1.91. The van der Waals surface area contributed by atoms with Gasteiger partial charge in [-0.15, -0.1) is 0 Å². The van der Waals surface area contributed by atoms with Crippen molar-refractivity contribution >= 4 is 0 Å². The minimum atomic E-state index is -0.585. The van der Waals surface area contributed by atoms with Gasteiger partial charge in [0.05, 0.1) is 35.8 Å². The van der Waals surface area contributed by atoms with Gasteiger partial charge in [-0.1, -0.05) is 24.3 Å². The largest absolute Gasteiger partial charge is 0.438 e. The van der Waals surface area contributed by atoms with Gasteiger partial charge in [-0.05, 0) is 63.8 Å². The maximum Gasteiger partial charge on any atom is 0.227 e. The number of aromatic nitrogens is 2. The molecule has 1 heterocycles. The first-order valence-electron chi connectivity index (χ1n) is 12.0. The van der Waals surface area contributed by atoms with E-state index < -0.39 is 6.10 Å². The van der Waals surface area contributed by atoms with E-state index in [9.17, 15) is 9.50 Å². The lowest BCUT2D eigenvalue weighted by atomic mass is 10.2. The summed E-state index contributed by atoms with van der Waals surface area (Å²) in [6.45, 7) is 8.15. The van der Waals surface area contributed by atoms with Gasteiger partial charge in [0.25, 0.3) is 0 Å². The van der Waals surface area contributed by atoms with Gasteiger partial charge in [0.1, 0.15) is 11.6 Å². The van der Waals surface area contributed by atoms with Crippen molar-refractivity contribution in [3.05, 3.63) is 71.7 Å². The normalized spacial score (nSPS) is 14.7. The second kappa shape index (κ2) is 11.1. The lowest BCUT2D eigenvalue weighted by molar-refractivity contribution is -0.0101. The third-order valence-corrected chi connectivity index (χ3v) is 5.83. The highest BCUT2D eigenvalue weighted by molar-refractivity contribution is 5.43. The van der Waals surface area contributed by atoms with Gasteiger partial charge in [-0.2, -0.15) is 5.10 Å². The van der Waals surface area contributed by atoms with Gasteiger partial charge < -0.3 is 14.6 Å². The second-order valence-corrected chi connectivity index (χ2v) is 9.35. The summed E-state index contributed by atoms with van der Waals surface area (Å²) in [7, 11) is 0. The van der Waals surface area contributed by atoms with Crippen molar-refractivity contribution in [2.45, 2.75) is 52.4 Å². The summed E-state index contributed by atoms with van der Waals surface area (Å²) in [5.74, 6) is 1.26. The fourth-order valence-electron chi connectivity index (χ4n) is 3.96. The molecule has 1 fully saturated rings. The molecule has 4 rings (SSSR count). The number of aliphatic hydroxyl groups is 1. The van der Waals surface area contributed by atoms with Crippen molar-refractivity contribution in [2.24, 2.45) is 5.92 Å². The van der Waals surface area contributed by atoms with E-state index >= 15 is 0 Å². The quantitative estimate of drug-likeness (QED) is 0.401. The molecule has 182 valence electrons. The number of hydrogen-bond acceptors (Lipinski definition) is 5. The van der Waals surface area contributed by atoms with E-state index in [1.165, 1.54) is 25.0 Å². The van der Waals surface area contributed by atoms with Crippen molar-refractivity contribution < 1.29 is 19.0 Å². The molecule has 0 aliphatic heterocycles. The highest BCUT2D eigenvalue weighted by atomic mass is 19.1. The molecule has 7 heteroatoms. The molecule has 34 heavy (non-hydrogen) atoms. The molecule has 1 saturated carbocycles. The van der Waals surface area contributed by atoms with Gasteiger partial charge in [0.15, 0.2) is 0 Å². The molecule has 1 N–H and O–H groups in total. The Hall–Kier alpha value is -2.74. The highest BCUT2D eigenvalue weighted by Gasteiger charge is 2.28. The zero-order valence-corrected chi connectivity index (χ0v) is 20.2. The molecule has 1 atom stereocenters. The predicted molar refractivity (Wildman–Crippen MR) is 130 cm³/mol. The molecule has 0 saturated heterocycles. The van der Waals surface area contributed by atoms with Crippen LogP contribution in [0.5, 0.6) is 11.6 Å². The maximum atomic E-state index is 13.9. The van der Waals surface area contributed by atoms with Gasteiger partial charge in [-0.25, -0.2) is 9.07 Å². The van der Waals surface area contributed by atoms with E-state index in [2.05, 4.69) is 4.90 Å². The van der Waals surface area contributed by atoms with Crippen LogP contribution in [-0.2, 0) is 11.3 Å². The first-order valence-corrected chi connectivity index (χ1v) is 12.0. The summed E-state index contributed by atoms with van der Waals surface area (Å²) in [5.41, 5.74) is 2.62. The molecular weight excluding hydrogens is 433 g/mol. The van der Waals surface area contributed by atoms with Crippen LogP contribution in [0.25, 0.3) is 5.69 Å². The average Bonchev–Trinajstić information content (AvgIpc) is 3.57. The van der Waals surface area contributed by atoms with Gasteiger partial charge >= 0.3 is 0 Å². The van der Waals surface area contributed by atoms with Crippen LogP contribution < -0.4 is 4.74 Å². The Morgan fingerprint density at radius 1 is 1.15 bits per heavy atom. The predicted octanol–water partition coefficient (Wildman–Crippen LogP) is 5.11. The number of nitrogens with zero attached hydrogens (tertiary/aromatic N) is 3. The third-order valence-electron chi connectivity index (χ3n) is 5.83. The second-order valence-electron chi connectivity index (χ2n) is 9.35. The Bertz CT molecular complexity index is 1070. The molecular formula is C27H34FN3O3. The van der Waals surface area contributed by atoms with E-state index in [0.717, 1.165) is 23.5 Å². The zero-order chi connectivity index (χ0) is 24.1. The fraction of sp³-hybridized carbons (Fsp3) is 0.444. The monoisotopic (exact) mass is 467 g/mol. The van der Waals surface area contributed by atoms with Crippen molar-refractivity contribution in [3.8, 4) is 17.3 Å². The Morgan fingerprint density at radius 3 is 2.59 bits per heavy atom. The first-order chi connectivity index (χ1) is 16.4. The Labute approximate surface area is 200 Å². The SMILES string of the molecule is Cc1nn(-c2ccccc2)c(Oc2cccc(F)c2)c1CN(CC(O)COC(C)C)CC1CC1. The van der Waals surface area contributed by atoms with Crippen molar-refractivity contribution in [1.82, 2.24) is 14.7 Å². The molecule has 0 bridgehead atoms. The minimum Gasteiger partial charge on any atom is -0.438 e. The number of benzene rings is 2. The molecule has 3 aromatic rings. The Balaban J connectivity index is 1.63. The molecule has 1 aliphatic carbocycles. The molecule has 0 radical (unpaired) electrons. The van der Waals surface area contributed by atoms with Crippen LogP contribution >= 0.6 is 0 Å². The molecule has 6 nitrogen and oxygen atoms in total. The molecule has 1 aromatic heterocycles. The van der Waals surface area contributed by atoms with Crippen LogP contribution in [0.15, 0.2) is 54.6 Å². The molecule has 0 spiro atoms. The van der Waals surface area contributed by atoms with E-state index in [4.69, 9.17) is 14.6 Å². The number of aliphatic hydroxyl groups excluding tert-OH is 1. The number of para-hydroxylation sites is 1. The molecule has 1 unspecified atom stereocenters. The first kappa shape index (κ1) is 24.4. The van der Waals surface area contributed by atoms with E-state index in [-0.39, 0.29) is 11.9 Å². The van der Waals surface area contributed by atoms with Crippen molar-refractivity contribution in [2.75, 3.05) is 19.7 Å². The summed E-state index contributed by atoms with van der Waals surface area (Å²) in [6, 6.07) is 15.9. The fourth-order valence-corrected chi connectivity index (χ4v) is 3.96. The average molecular weight is 468 g/mol. The highest BCUT2D eigenvalue weighted by Crippen LogP contribution is 2.34. The summed E-state index contributed by atoms with van der Waals surface area (Å²) in [4.78, 5) is 2.25. The molecule has 0 amide bonds. The number of ether oxygens (including phenoxy) is 2. The topological polar surface area (TPSA) is 59.8 Å². The molecule has 2 aromatic carbocycles. The summed E-state index contributed by atoms with van der Waals surface area (Å²) in [5, 5.41) is 15.4. The standard InChI is InChI=1S/C27H34FN3O3/c1-19(2)33-18-24(32)16-30(15-21-12-13-21)17-26-20(3)29-31(23-9-5-4-6-10-23)27(26)34-25-11-7-8-22(28)14-25/h4-11,14,19,21,24,32H,12-13,15-18H2,1-3H3. The summed E-state index contributed by atoms with van der Waals surface area (Å²) < 4.78 is 27.5. The number of hydrogen-bond donors (Lipinski definition) is 1. The Morgan fingerprint density at radius 2 is 1.91 bits per heavy atom. The van der Waals surface area contributed by atoms with Gasteiger partial charge in [-0.3, -0.25) is 4.90 Å². The van der Waals surface area contributed by atoms with Crippen LogP contribution in [0.1, 0.15) is 37.9 Å². The van der Waals surface area contributed by atoms with Crippen LogP contribution in [0, 0.1) is 18.7 Å². The van der Waals surface area contributed by atoms with Crippen LogP contribution in [0.4, 0.5) is 4.39 Å². The van der Waals surface area contributed by atoms with Gasteiger partial charge in [0, 0.05) is 25.7 Å². The van der Waals surface area contributed by atoms with E-state index in [1.54, 1.807) is 16.8 Å². The van der Waals surface area contributed by atoms with E-state index in [0.29, 0.717) is 37.2 Å². The smallest absolute Gasteiger partial charge is 0.227 e. The van der Waals surface area contributed by atoms with Crippen LogP contribution in [0.3, 0.4) is 0 Å². The van der Waals surface area contributed by atoms with Crippen molar-refractivity contribution in [3.63, 3.8) is 0 Å². The lowest BCUT2D eigenvalue weighted by Gasteiger charge is -2.26. The number of rotatable bonds is 12. The molecule has 1 aliphatic rings. The number of halogens is 1. The van der Waals surface area contributed by atoms with Crippen LogP contribution in [-0.4, -0.2) is 51.7 Å². The van der Waals surface area contributed by atoms with Crippen molar-refractivity contribution in [1.29, 1.82) is 0 Å². The van der Waals surface area contributed by atoms with Gasteiger partial charge in [0.2, 0.25) is 5.88 Å².